The van der Waals surface area contributed by atoms with E-state index in [4.69, 9.17) is 5.73 Å². The average Bonchev–Trinajstić information content (AvgIpc) is 2.16. The standard InChI is InChI=1S/C13H17F2N/c14-12(15)8-10-3-1-4-11(7-10)13(9-16)5-2-6-13/h1,3-4,7,12H,2,5-6,8-9,16H2. The Labute approximate surface area is 94.7 Å². The Bertz CT molecular complexity index is 353. The Hall–Kier alpha value is -0.960. The second kappa shape index (κ2) is 4.50. The van der Waals surface area contributed by atoms with Crippen LogP contribution in [0.15, 0.2) is 24.3 Å². The molecule has 16 heavy (non-hydrogen) atoms. The van der Waals surface area contributed by atoms with E-state index in [0.29, 0.717) is 12.1 Å². The van der Waals surface area contributed by atoms with Crippen molar-refractivity contribution in [2.45, 2.75) is 37.5 Å². The van der Waals surface area contributed by atoms with E-state index in [0.717, 1.165) is 18.4 Å². The van der Waals surface area contributed by atoms with Gasteiger partial charge in [-0.25, -0.2) is 8.78 Å². The SMILES string of the molecule is NCC1(c2cccc(CC(F)F)c2)CCC1. The molecule has 1 aliphatic carbocycles. The van der Waals surface area contributed by atoms with Crippen LogP contribution in [0.5, 0.6) is 0 Å². The van der Waals surface area contributed by atoms with E-state index < -0.39 is 6.43 Å². The first kappa shape index (κ1) is 11.5. The highest BCUT2D eigenvalue weighted by atomic mass is 19.3. The third-order valence-corrected chi connectivity index (χ3v) is 3.63. The lowest BCUT2D eigenvalue weighted by molar-refractivity contribution is 0.149. The van der Waals surface area contributed by atoms with Crippen LogP contribution >= 0.6 is 0 Å². The number of nitrogens with two attached hydrogens (primary N) is 1. The van der Waals surface area contributed by atoms with Crippen LogP contribution in [0.2, 0.25) is 0 Å². The lowest BCUT2D eigenvalue weighted by atomic mass is 9.64. The van der Waals surface area contributed by atoms with E-state index in [9.17, 15) is 8.78 Å². The highest BCUT2D eigenvalue weighted by Crippen LogP contribution is 2.42. The molecule has 0 radical (unpaired) electrons. The van der Waals surface area contributed by atoms with Crippen molar-refractivity contribution in [3.05, 3.63) is 35.4 Å². The lowest BCUT2D eigenvalue weighted by Crippen LogP contribution is -2.41. The summed E-state index contributed by atoms with van der Waals surface area (Å²) in [4.78, 5) is 0. The van der Waals surface area contributed by atoms with Gasteiger partial charge in [0, 0.05) is 18.4 Å². The molecule has 1 saturated carbocycles. The average molecular weight is 225 g/mol. The number of hydrogen-bond acceptors (Lipinski definition) is 1. The first-order valence-corrected chi connectivity index (χ1v) is 5.74. The van der Waals surface area contributed by atoms with Gasteiger partial charge in [-0.2, -0.15) is 0 Å². The molecule has 1 aliphatic rings. The van der Waals surface area contributed by atoms with Gasteiger partial charge in [0.25, 0.3) is 0 Å². The van der Waals surface area contributed by atoms with E-state index in [1.165, 1.54) is 6.42 Å². The fourth-order valence-corrected chi connectivity index (χ4v) is 2.42. The summed E-state index contributed by atoms with van der Waals surface area (Å²) >= 11 is 0. The van der Waals surface area contributed by atoms with Crippen molar-refractivity contribution in [1.29, 1.82) is 0 Å². The van der Waals surface area contributed by atoms with Crippen LogP contribution < -0.4 is 5.73 Å². The van der Waals surface area contributed by atoms with Crippen LogP contribution in [0.25, 0.3) is 0 Å². The second-order valence-corrected chi connectivity index (χ2v) is 4.63. The van der Waals surface area contributed by atoms with Gasteiger partial charge in [-0.1, -0.05) is 30.7 Å². The zero-order valence-electron chi connectivity index (χ0n) is 9.26. The van der Waals surface area contributed by atoms with E-state index in [-0.39, 0.29) is 11.8 Å². The first-order valence-electron chi connectivity index (χ1n) is 5.74. The fraction of sp³-hybridized carbons (Fsp3) is 0.538. The summed E-state index contributed by atoms with van der Waals surface area (Å²) in [7, 11) is 0. The lowest BCUT2D eigenvalue weighted by Gasteiger charge is -2.41. The maximum atomic E-state index is 12.3. The van der Waals surface area contributed by atoms with Crippen LogP contribution in [0.1, 0.15) is 30.4 Å². The molecule has 3 heteroatoms. The molecular weight excluding hydrogens is 208 g/mol. The summed E-state index contributed by atoms with van der Waals surface area (Å²) in [5.74, 6) is 0. The monoisotopic (exact) mass is 225 g/mol. The molecule has 1 aromatic rings. The van der Waals surface area contributed by atoms with Gasteiger partial charge in [0.15, 0.2) is 0 Å². The zero-order valence-corrected chi connectivity index (χ0v) is 9.26. The molecule has 88 valence electrons. The Morgan fingerprint density at radius 1 is 1.31 bits per heavy atom. The van der Waals surface area contributed by atoms with Crippen LogP contribution in [0.3, 0.4) is 0 Å². The second-order valence-electron chi connectivity index (χ2n) is 4.63. The van der Waals surface area contributed by atoms with Gasteiger partial charge in [0.05, 0.1) is 0 Å². The topological polar surface area (TPSA) is 26.0 Å². The normalized spacial score (nSPS) is 18.5. The Balaban J connectivity index is 2.21. The quantitative estimate of drug-likeness (QED) is 0.837. The smallest absolute Gasteiger partial charge is 0.242 e. The van der Waals surface area contributed by atoms with Gasteiger partial charge in [-0.3, -0.25) is 0 Å². The predicted molar refractivity (Wildman–Crippen MR) is 60.7 cm³/mol. The van der Waals surface area contributed by atoms with Crippen molar-refractivity contribution < 1.29 is 8.78 Å². The van der Waals surface area contributed by atoms with Crippen molar-refractivity contribution in [3.63, 3.8) is 0 Å². The van der Waals surface area contributed by atoms with E-state index in [1.54, 1.807) is 6.07 Å². The third kappa shape index (κ3) is 2.09. The summed E-state index contributed by atoms with van der Waals surface area (Å²) in [5.41, 5.74) is 7.72. The molecule has 0 bridgehead atoms. The molecule has 0 aromatic heterocycles. The van der Waals surface area contributed by atoms with Crippen LogP contribution in [0.4, 0.5) is 8.78 Å². The third-order valence-electron chi connectivity index (χ3n) is 3.63. The zero-order chi connectivity index (χ0) is 11.6. The number of benzene rings is 1. The van der Waals surface area contributed by atoms with Gasteiger partial charge >= 0.3 is 0 Å². The maximum Gasteiger partial charge on any atom is 0.242 e. The summed E-state index contributed by atoms with van der Waals surface area (Å²) in [6.07, 6.45) is 0.930. The predicted octanol–water partition coefficient (Wildman–Crippen LogP) is 2.87. The molecule has 0 atom stereocenters. The summed E-state index contributed by atoms with van der Waals surface area (Å²) < 4.78 is 24.6. The molecule has 1 fully saturated rings. The minimum atomic E-state index is -2.27. The molecule has 2 N–H and O–H groups in total. The molecule has 0 unspecified atom stereocenters. The van der Waals surface area contributed by atoms with Crippen LogP contribution in [0, 0.1) is 0 Å². The minimum absolute atomic E-state index is 0.0676. The maximum absolute atomic E-state index is 12.3. The van der Waals surface area contributed by atoms with E-state index in [1.807, 2.05) is 18.2 Å². The fourth-order valence-electron chi connectivity index (χ4n) is 2.42. The summed E-state index contributed by atoms with van der Waals surface area (Å²) in [6.45, 7) is 0.616. The number of hydrogen-bond donors (Lipinski definition) is 1. The van der Waals surface area contributed by atoms with Crippen molar-refractivity contribution in [2.75, 3.05) is 6.54 Å². The molecule has 0 aliphatic heterocycles. The Kier molecular flexibility index (Phi) is 3.24. The number of halogens is 2. The minimum Gasteiger partial charge on any atom is -0.330 e. The molecular formula is C13H17F2N. The number of rotatable bonds is 4. The summed E-state index contributed by atoms with van der Waals surface area (Å²) in [6, 6.07) is 7.54. The molecule has 1 aromatic carbocycles. The largest absolute Gasteiger partial charge is 0.330 e. The summed E-state index contributed by atoms with van der Waals surface area (Å²) in [5, 5.41) is 0. The van der Waals surface area contributed by atoms with Crippen molar-refractivity contribution in [3.8, 4) is 0 Å². The first-order chi connectivity index (χ1) is 7.66. The van der Waals surface area contributed by atoms with Crippen molar-refractivity contribution in [1.82, 2.24) is 0 Å². The van der Waals surface area contributed by atoms with Gasteiger partial charge in [0.1, 0.15) is 0 Å². The van der Waals surface area contributed by atoms with E-state index >= 15 is 0 Å². The van der Waals surface area contributed by atoms with Crippen LogP contribution in [-0.2, 0) is 11.8 Å². The number of alkyl halides is 2. The molecule has 1 nitrogen and oxygen atoms in total. The highest BCUT2D eigenvalue weighted by Gasteiger charge is 2.37. The highest BCUT2D eigenvalue weighted by molar-refractivity contribution is 5.33. The van der Waals surface area contributed by atoms with Gasteiger partial charge < -0.3 is 5.73 Å². The molecule has 0 saturated heterocycles. The van der Waals surface area contributed by atoms with Gasteiger partial charge in [-0.05, 0) is 24.0 Å². The van der Waals surface area contributed by atoms with E-state index in [2.05, 4.69) is 0 Å². The molecule has 0 amide bonds. The Morgan fingerprint density at radius 3 is 2.56 bits per heavy atom. The van der Waals surface area contributed by atoms with Gasteiger partial charge in [0.2, 0.25) is 6.43 Å². The van der Waals surface area contributed by atoms with Gasteiger partial charge in [-0.15, -0.1) is 0 Å². The van der Waals surface area contributed by atoms with Crippen LogP contribution in [-0.4, -0.2) is 13.0 Å². The Morgan fingerprint density at radius 2 is 2.06 bits per heavy atom. The van der Waals surface area contributed by atoms with Crippen molar-refractivity contribution >= 4 is 0 Å². The molecule has 0 spiro atoms. The molecule has 0 heterocycles. The molecule has 2 rings (SSSR count). The van der Waals surface area contributed by atoms with Crippen molar-refractivity contribution in [2.24, 2.45) is 5.73 Å².